The van der Waals surface area contributed by atoms with E-state index < -0.39 is 11.6 Å². The number of benzene rings is 1. The van der Waals surface area contributed by atoms with Gasteiger partial charge >= 0.3 is 0 Å². The van der Waals surface area contributed by atoms with Crippen LogP contribution < -0.4 is 0 Å². The summed E-state index contributed by atoms with van der Waals surface area (Å²) >= 11 is 5.75. The van der Waals surface area contributed by atoms with Gasteiger partial charge in [0.2, 0.25) is 0 Å². The van der Waals surface area contributed by atoms with Gasteiger partial charge in [-0.25, -0.2) is 13.8 Å². The fourth-order valence-corrected chi connectivity index (χ4v) is 2.65. The van der Waals surface area contributed by atoms with Gasteiger partial charge in [0, 0.05) is 24.4 Å². The Morgan fingerprint density at radius 2 is 2.11 bits per heavy atom. The first-order valence-corrected chi connectivity index (χ1v) is 6.66. The van der Waals surface area contributed by atoms with Gasteiger partial charge in [-0.05, 0) is 25.3 Å². The van der Waals surface area contributed by atoms with E-state index in [9.17, 15) is 8.78 Å². The first-order valence-electron chi connectivity index (χ1n) is 6.12. The van der Waals surface area contributed by atoms with Crippen molar-refractivity contribution in [3.8, 4) is 0 Å². The average molecular weight is 271 g/mol. The van der Waals surface area contributed by atoms with Gasteiger partial charge in [-0.2, -0.15) is 0 Å². The molecular formula is C13H13ClF2N2. The van der Waals surface area contributed by atoms with Crippen LogP contribution in [-0.4, -0.2) is 15.4 Å². The molecule has 0 bridgehead atoms. The summed E-state index contributed by atoms with van der Waals surface area (Å²) in [5, 5.41) is 0. The lowest BCUT2D eigenvalue weighted by atomic mass is 9.92. The molecule has 0 saturated heterocycles. The summed E-state index contributed by atoms with van der Waals surface area (Å²) in [7, 11) is 0. The molecule has 0 unspecified atom stereocenters. The maximum absolute atomic E-state index is 13.7. The third kappa shape index (κ3) is 1.79. The summed E-state index contributed by atoms with van der Waals surface area (Å²) in [5.74, 6) is 0.0335. The van der Waals surface area contributed by atoms with Crippen LogP contribution in [0.2, 0.25) is 0 Å². The molecule has 1 aromatic heterocycles. The van der Waals surface area contributed by atoms with Gasteiger partial charge < -0.3 is 4.57 Å². The first-order chi connectivity index (χ1) is 8.70. The van der Waals surface area contributed by atoms with E-state index in [2.05, 4.69) is 4.98 Å². The molecule has 18 heavy (non-hydrogen) atoms. The van der Waals surface area contributed by atoms with Crippen molar-refractivity contribution in [2.45, 2.75) is 31.7 Å². The number of halogens is 3. The fraction of sp³-hybridized carbons (Fsp3) is 0.462. The molecule has 0 atom stereocenters. The SMILES string of the molecule is Fc1cc(F)c2nc(CCCl)n(C3CCC3)c2c1. The molecule has 96 valence electrons. The Morgan fingerprint density at radius 1 is 1.33 bits per heavy atom. The second-order valence-corrected chi connectivity index (χ2v) is 5.06. The van der Waals surface area contributed by atoms with Crippen LogP contribution in [0.3, 0.4) is 0 Å². The molecule has 3 rings (SSSR count). The number of hydrogen-bond donors (Lipinski definition) is 0. The lowest BCUT2D eigenvalue weighted by Gasteiger charge is -2.29. The van der Waals surface area contributed by atoms with Gasteiger partial charge in [0.15, 0.2) is 5.82 Å². The van der Waals surface area contributed by atoms with Crippen molar-refractivity contribution in [3.05, 3.63) is 29.6 Å². The van der Waals surface area contributed by atoms with E-state index in [1.807, 2.05) is 4.57 Å². The molecule has 0 aliphatic heterocycles. The van der Waals surface area contributed by atoms with E-state index >= 15 is 0 Å². The number of nitrogens with zero attached hydrogens (tertiary/aromatic N) is 2. The molecule has 0 N–H and O–H groups in total. The van der Waals surface area contributed by atoms with Crippen molar-refractivity contribution in [1.29, 1.82) is 0 Å². The number of aromatic nitrogens is 2. The van der Waals surface area contributed by atoms with Crippen molar-refractivity contribution in [1.82, 2.24) is 9.55 Å². The van der Waals surface area contributed by atoms with Crippen molar-refractivity contribution in [2.75, 3.05) is 5.88 Å². The predicted octanol–water partition coefficient (Wildman–Crippen LogP) is 3.82. The Bertz CT molecular complexity index is 590. The number of aryl methyl sites for hydroxylation is 1. The first kappa shape index (κ1) is 11.9. The van der Waals surface area contributed by atoms with Crippen molar-refractivity contribution >= 4 is 22.6 Å². The van der Waals surface area contributed by atoms with E-state index in [0.717, 1.165) is 31.2 Å². The zero-order valence-corrected chi connectivity index (χ0v) is 10.6. The van der Waals surface area contributed by atoms with Crippen LogP contribution >= 0.6 is 11.6 Å². The largest absolute Gasteiger partial charge is 0.325 e. The molecule has 0 amide bonds. The number of fused-ring (bicyclic) bond motifs is 1. The normalized spacial score (nSPS) is 16.2. The Hall–Kier alpha value is -1.16. The van der Waals surface area contributed by atoms with E-state index in [1.54, 1.807) is 0 Å². The maximum atomic E-state index is 13.7. The average Bonchev–Trinajstić information content (AvgIpc) is 2.57. The molecular weight excluding hydrogens is 258 g/mol. The number of hydrogen-bond acceptors (Lipinski definition) is 1. The second-order valence-electron chi connectivity index (χ2n) is 4.68. The standard InChI is InChI=1S/C13H13ClF2N2/c14-5-4-12-17-13-10(16)6-8(15)7-11(13)18(12)9-2-1-3-9/h6-7,9H,1-5H2. The molecule has 1 fully saturated rings. The summed E-state index contributed by atoms with van der Waals surface area (Å²) in [4.78, 5) is 4.28. The van der Waals surface area contributed by atoms with Crippen LogP contribution in [0, 0.1) is 11.6 Å². The van der Waals surface area contributed by atoms with Crippen LogP contribution in [-0.2, 0) is 6.42 Å². The van der Waals surface area contributed by atoms with Gasteiger partial charge in [0.1, 0.15) is 17.2 Å². The van der Waals surface area contributed by atoms with Crippen molar-refractivity contribution in [2.24, 2.45) is 0 Å². The predicted molar refractivity (Wildman–Crippen MR) is 67.0 cm³/mol. The van der Waals surface area contributed by atoms with Crippen molar-refractivity contribution < 1.29 is 8.78 Å². The maximum Gasteiger partial charge on any atom is 0.153 e. The second kappa shape index (κ2) is 4.50. The van der Waals surface area contributed by atoms with Crippen LogP contribution in [0.4, 0.5) is 8.78 Å². The molecule has 2 aromatic rings. The van der Waals surface area contributed by atoms with Gasteiger partial charge in [0.05, 0.1) is 5.52 Å². The van der Waals surface area contributed by atoms with Gasteiger partial charge in [-0.15, -0.1) is 11.6 Å². The van der Waals surface area contributed by atoms with E-state index in [0.29, 0.717) is 23.9 Å². The highest BCUT2D eigenvalue weighted by atomic mass is 35.5. The highest BCUT2D eigenvalue weighted by molar-refractivity contribution is 6.17. The Balaban J connectivity index is 2.23. The fourth-order valence-electron chi connectivity index (χ4n) is 2.48. The van der Waals surface area contributed by atoms with Crippen LogP contribution in [0.25, 0.3) is 11.0 Å². The van der Waals surface area contributed by atoms with Gasteiger partial charge in [-0.3, -0.25) is 0 Å². The molecule has 1 aliphatic carbocycles. The monoisotopic (exact) mass is 270 g/mol. The third-order valence-corrected chi connectivity index (χ3v) is 3.73. The van der Waals surface area contributed by atoms with E-state index in [-0.39, 0.29) is 5.52 Å². The smallest absolute Gasteiger partial charge is 0.153 e. The number of rotatable bonds is 3. The quantitative estimate of drug-likeness (QED) is 0.775. The summed E-state index contributed by atoms with van der Waals surface area (Å²) < 4.78 is 29.0. The van der Waals surface area contributed by atoms with Crippen molar-refractivity contribution in [3.63, 3.8) is 0 Å². The van der Waals surface area contributed by atoms with Gasteiger partial charge in [0.25, 0.3) is 0 Å². The summed E-state index contributed by atoms with van der Waals surface area (Å²) in [6, 6.07) is 2.56. The lowest BCUT2D eigenvalue weighted by Crippen LogP contribution is -2.19. The topological polar surface area (TPSA) is 17.8 Å². The minimum Gasteiger partial charge on any atom is -0.325 e. The molecule has 1 aromatic carbocycles. The Labute approximate surface area is 109 Å². The number of alkyl halides is 1. The van der Waals surface area contributed by atoms with E-state index in [1.165, 1.54) is 6.07 Å². The highest BCUT2D eigenvalue weighted by Gasteiger charge is 2.25. The molecule has 1 aliphatic rings. The molecule has 1 heterocycles. The summed E-state index contributed by atoms with van der Waals surface area (Å²) in [5.41, 5.74) is 0.806. The zero-order chi connectivity index (χ0) is 12.7. The summed E-state index contributed by atoms with van der Waals surface area (Å²) in [6.07, 6.45) is 3.81. The zero-order valence-electron chi connectivity index (χ0n) is 9.80. The minimum atomic E-state index is -0.598. The van der Waals surface area contributed by atoms with Crippen LogP contribution in [0.5, 0.6) is 0 Å². The molecule has 1 saturated carbocycles. The Kier molecular flexibility index (Phi) is 2.98. The lowest BCUT2D eigenvalue weighted by molar-refractivity contribution is 0.313. The number of imidazole rings is 1. The summed E-state index contributed by atoms with van der Waals surface area (Å²) in [6.45, 7) is 0. The minimum absolute atomic E-state index is 0.253. The van der Waals surface area contributed by atoms with Crippen LogP contribution in [0.1, 0.15) is 31.1 Å². The molecule has 5 heteroatoms. The van der Waals surface area contributed by atoms with Crippen LogP contribution in [0.15, 0.2) is 12.1 Å². The highest BCUT2D eigenvalue weighted by Crippen LogP contribution is 2.36. The molecule has 2 nitrogen and oxygen atoms in total. The molecule has 0 radical (unpaired) electrons. The molecule has 0 spiro atoms. The third-order valence-electron chi connectivity index (χ3n) is 3.54. The van der Waals surface area contributed by atoms with Gasteiger partial charge in [-0.1, -0.05) is 0 Å². The van der Waals surface area contributed by atoms with E-state index in [4.69, 9.17) is 11.6 Å². The Morgan fingerprint density at radius 3 is 2.72 bits per heavy atom.